The Balaban J connectivity index is 2.48. The monoisotopic (exact) mass is 168 g/mol. The second-order valence-electron chi connectivity index (χ2n) is 5.66. The highest BCUT2D eigenvalue weighted by molar-refractivity contribution is 5.00. The van der Waals surface area contributed by atoms with Gasteiger partial charge >= 0.3 is 0 Å². The molecule has 1 aliphatic rings. The largest absolute Gasteiger partial charge is 0.0651 e. The third-order valence-corrected chi connectivity index (χ3v) is 4.19. The Morgan fingerprint density at radius 3 is 2.17 bits per heavy atom. The molecule has 0 heterocycles. The van der Waals surface area contributed by atoms with Gasteiger partial charge in [-0.15, -0.1) is 0 Å². The summed E-state index contributed by atoms with van der Waals surface area (Å²) in [5.74, 6) is 0.900. The molecule has 1 aliphatic carbocycles. The zero-order valence-corrected chi connectivity index (χ0v) is 9.41. The van der Waals surface area contributed by atoms with E-state index in [9.17, 15) is 0 Å². The number of hydrogen-bond donors (Lipinski definition) is 0. The van der Waals surface area contributed by atoms with E-state index in [4.69, 9.17) is 0 Å². The van der Waals surface area contributed by atoms with Crippen molar-refractivity contribution in [2.45, 2.75) is 60.3 Å². The first-order chi connectivity index (χ1) is 5.41. The molecule has 0 nitrogen and oxygen atoms in total. The van der Waals surface area contributed by atoms with Crippen molar-refractivity contribution in [2.75, 3.05) is 0 Å². The van der Waals surface area contributed by atoms with Gasteiger partial charge in [0.05, 0.1) is 0 Å². The van der Waals surface area contributed by atoms with E-state index in [1.54, 1.807) is 0 Å². The molecule has 72 valence electrons. The molecule has 0 saturated heterocycles. The van der Waals surface area contributed by atoms with E-state index < -0.39 is 0 Å². The molecule has 1 unspecified atom stereocenters. The highest BCUT2D eigenvalue weighted by atomic mass is 14.5. The SMILES string of the molecule is CCC(C)CC(C)(C)C1(C)CC1. The zero-order chi connectivity index (χ0) is 9.41. The molecule has 1 rings (SSSR count). The van der Waals surface area contributed by atoms with E-state index in [0.717, 1.165) is 5.92 Å². The van der Waals surface area contributed by atoms with Crippen LogP contribution >= 0.6 is 0 Å². The summed E-state index contributed by atoms with van der Waals surface area (Å²) in [6.07, 6.45) is 5.65. The van der Waals surface area contributed by atoms with Crippen LogP contribution in [0, 0.1) is 16.7 Å². The standard InChI is InChI=1S/C12H24/c1-6-10(2)9-11(3,4)12(5)7-8-12/h10H,6-9H2,1-5H3. The molecule has 0 bridgehead atoms. The maximum absolute atomic E-state index is 2.45. The van der Waals surface area contributed by atoms with Crippen LogP contribution in [0.15, 0.2) is 0 Å². The molecule has 12 heavy (non-hydrogen) atoms. The fourth-order valence-electron chi connectivity index (χ4n) is 2.13. The molecule has 1 fully saturated rings. The minimum absolute atomic E-state index is 0.572. The maximum Gasteiger partial charge on any atom is -0.0274 e. The normalized spacial score (nSPS) is 23.8. The highest BCUT2D eigenvalue weighted by Gasteiger charge is 2.49. The van der Waals surface area contributed by atoms with E-state index in [1.807, 2.05) is 0 Å². The van der Waals surface area contributed by atoms with Gasteiger partial charge in [0, 0.05) is 0 Å². The molecular formula is C12H24. The van der Waals surface area contributed by atoms with Crippen molar-refractivity contribution < 1.29 is 0 Å². The van der Waals surface area contributed by atoms with Crippen LogP contribution in [0.2, 0.25) is 0 Å². The predicted octanol–water partition coefficient (Wildman–Crippen LogP) is 4.25. The van der Waals surface area contributed by atoms with Gasteiger partial charge in [0.2, 0.25) is 0 Å². The van der Waals surface area contributed by atoms with Gasteiger partial charge in [-0.3, -0.25) is 0 Å². The second kappa shape index (κ2) is 3.05. The molecule has 0 aliphatic heterocycles. The van der Waals surface area contributed by atoms with Crippen LogP contribution in [-0.4, -0.2) is 0 Å². The molecule has 0 heteroatoms. The lowest BCUT2D eigenvalue weighted by molar-refractivity contribution is 0.157. The van der Waals surface area contributed by atoms with Crippen LogP contribution < -0.4 is 0 Å². The van der Waals surface area contributed by atoms with Gasteiger partial charge in [-0.25, -0.2) is 0 Å². The van der Waals surface area contributed by atoms with Crippen molar-refractivity contribution in [1.82, 2.24) is 0 Å². The van der Waals surface area contributed by atoms with E-state index in [0.29, 0.717) is 10.8 Å². The third kappa shape index (κ3) is 1.84. The predicted molar refractivity (Wildman–Crippen MR) is 55.2 cm³/mol. The summed E-state index contributed by atoms with van der Waals surface area (Å²) in [7, 11) is 0. The summed E-state index contributed by atoms with van der Waals surface area (Å²) >= 11 is 0. The summed E-state index contributed by atoms with van der Waals surface area (Å²) in [4.78, 5) is 0. The van der Waals surface area contributed by atoms with Gasteiger partial charge in [0.25, 0.3) is 0 Å². The topological polar surface area (TPSA) is 0 Å². The Hall–Kier alpha value is 0. The Morgan fingerprint density at radius 1 is 1.33 bits per heavy atom. The first-order valence-corrected chi connectivity index (χ1v) is 5.41. The minimum atomic E-state index is 0.572. The summed E-state index contributed by atoms with van der Waals surface area (Å²) in [5.41, 5.74) is 1.25. The van der Waals surface area contributed by atoms with E-state index >= 15 is 0 Å². The average Bonchev–Trinajstić information content (AvgIpc) is 2.68. The number of hydrogen-bond acceptors (Lipinski definition) is 0. The molecule has 0 amide bonds. The maximum atomic E-state index is 2.45. The Kier molecular flexibility index (Phi) is 2.56. The van der Waals surface area contributed by atoms with Gasteiger partial charge in [-0.1, -0.05) is 41.0 Å². The molecule has 0 aromatic carbocycles. The van der Waals surface area contributed by atoms with Crippen molar-refractivity contribution in [3.8, 4) is 0 Å². The molecular weight excluding hydrogens is 144 g/mol. The van der Waals surface area contributed by atoms with Crippen molar-refractivity contribution in [3.05, 3.63) is 0 Å². The zero-order valence-electron chi connectivity index (χ0n) is 9.41. The van der Waals surface area contributed by atoms with Crippen molar-refractivity contribution in [3.63, 3.8) is 0 Å². The van der Waals surface area contributed by atoms with Crippen molar-refractivity contribution >= 4 is 0 Å². The van der Waals surface area contributed by atoms with Gasteiger partial charge in [-0.2, -0.15) is 0 Å². The summed E-state index contributed by atoms with van der Waals surface area (Å²) < 4.78 is 0. The smallest absolute Gasteiger partial charge is 0.0274 e. The quantitative estimate of drug-likeness (QED) is 0.588. The Bertz CT molecular complexity index is 151. The van der Waals surface area contributed by atoms with Crippen LogP contribution in [0.4, 0.5) is 0 Å². The molecule has 0 aromatic rings. The van der Waals surface area contributed by atoms with Gasteiger partial charge in [0.15, 0.2) is 0 Å². The van der Waals surface area contributed by atoms with E-state index in [-0.39, 0.29) is 0 Å². The van der Waals surface area contributed by atoms with Crippen molar-refractivity contribution in [2.24, 2.45) is 16.7 Å². The molecule has 1 saturated carbocycles. The van der Waals surface area contributed by atoms with E-state index in [2.05, 4.69) is 34.6 Å². The molecule has 0 N–H and O–H groups in total. The first kappa shape index (κ1) is 10.1. The van der Waals surface area contributed by atoms with Crippen LogP contribution in [0.25, 0.3) is 0 Å². The Morgan fingerprint density at radius 2 is 1.83 bits per heavy atom. The summed E-state index contributed by atoms with van der Waals surface area (Å²) in [6, 6.07) is 0. The molecule has 0 spiro atoms. The van der Waals surface area contributed by atoms with E-state index in [1.165, 1.54) is 25.7 Å². The number of rotatable bonds is 4. The van der Waals surface area contributed by atoms with Crippen LogP contribution in [0.3, 0.4) is 0 Å². The summed E-state index contributed by atoms with van der Waals surface area (Å²) in [6.45, 7) is 12.0. The average molecular weight is 168 g/mol. The molecule has 0 aromatic heterocycles. The van der Waals surface area contributed by atoms with Gasteiger partial charge in [0.1, 0.15) is 0 Å². The minimum Gasteiger partial charge on any atom is -0.0651 e. The Labute approximate surface area is 77.7 Å². The van der Waals surface area contributed by atoms with Crippen LogP contribution in [0.1, 0.15) is 60.3 Å². The second-order valence-corrected chi connectivity index (χ2v) is 5.66. The summed E-state index contributed by atoms with van der Waals surface area (Å²) in [5, 5.41) is 0. The lowest BCUT2D eigenvalue weighted by Crippen LogP contribution is -2.25. The highest BCUT2D eigenvalue weighted by Crippen LogP contribution is 2.60. The van der Waals surface area contributed by atoms with Crippen LogP contribution in [0.5, 0.6) is 0 Å². The molecule has 1 atom stereocenters. The van der Waals surface area contributed by atoms with Crippen LogP contribution in [-0.2, 0) is 0 Å². The fourth-order valence-corrected chi connectivity index (χ4v) is 2.13. The third-order valence-electron chi connectivity index (χ3n) is 4.19. The van der Waals surface area contributed by atoms with Crippen molar-refractivity contribution in [1.29, 1.82) is 0 Å². The van der Waals surface area contributed by atoms with Gasteiger partial charge in [-0.05, 0) is 36.0 Å². The van der Waals surface area contributed by atoms with Gasteiger partial charge < -0.3 is 0 Å². The lowest BCUT2D eigenvalue weighted by Gasteiger charge is -2.34. The fraction of sp³-hybridized carbons (Fsp3) is 1.00. The lowest BCUT2D eigenvalue weighted by atomic mass is 9.71. The first-order valence-electron chi connectivity index (χ1n) is 5.41. The molecule has 0 radical (unpaired) electrons.